The minimum Gasteiger partial charge on any atom is -0.452 e. The normalized spacial score (nSPS) is 12.7. The summed E-state index contributed by atoms with van der Waals surface area (Å²) in [6.45, 7) is 0. The molecule has 11 aromatic rings. The van der Waals surface area contributed by atoms with Gasteiger partial charge in [-0.3, -0.25) is 0 Å². The second kappa shape index (κ2) is 11.3. The van der Waals surface area contributed by atoms with Gasteiger partial charge in [0.25, 0.3) is 0 Å². The van der Waals surface area contributed by atoms with Gasteiger partial charge < -0.3 is 8.83 Å². The van der Waals surface area contributed by atoms with Gasteiger partial charge in [0, 0.05) is 21.9 Å². The Morgan fingerprint density at radius 2 is 0.741 bits per heavy atom. The summed E-state index contributed by atoms with van der Waals surface area (Å²) in [5.74, 6) is 1.76. The van der Waals surface area contributed by atoms with Crippen molar-refractivity contribution in [3.8, 4) is 44.9 Å². The van der Waals surface area contributed by atoms with Crippen LogP contribution in [0.25, 0.3) is 110 Å². The third-order valence-corrected chi connectivity index (χ3v) is 11.8. The molecule has 2 heterocycles. The zero-order valence-corrected chi connectivity index (χ0v) is 29.4. The minimum absolute atomic E-state index is 0.878. The van der Waals surface area contributed by atoms with Crippen LogP contribution in [0.1, 0.15) is 11.1 Å². The number of benzene rings is 9. The van der Waals surface area contributed by atoms with Gasteiger partial charge in [-0.2, -0.15) is 0 Å². The van der Waals surface area contributed by atoms with Gasteiger partial charge in [0.1, 0.15) is 11.2 Å². The van der Waals surface area contributed by atoms with Gasteiger partial charge in [0.15, 0.2) is 11.5 Å². The topological polar surface area (TPSA) is 26.3 Å². The lowest BCUT2D eigenvalue weighted by Gasteiger charge is -2.19. The average Bonchev–Trinajstić information content (AvgIpc) is 3.80. The van der Waals surface area contributed by atoms with Crippen LogP contribution in [0.2, 0.25) is 0 Å². The Hall–Kier alpha value is -6.90. The number of para-hydroxylation sites is 1. The number of furan rings is 2. The predicted molar refractivity (Wildman–Crippen MR) is 225 cm³/mol. The Kier molecular flexibility index (Phi) is 6.20. The van der Waals surface area contributed by atoms with E-state index >= 15 is 0 Å². The van der Waals surface area contributed by atoms with Crippen LogP contribution in [0.15, 0.2) is 179 Å². The van der Waals surface area contributed by atoms with E-state index in [-0.39, 0.29) is 0 Å². The summed E-state index contributed by atoms with van der Waals surface area (Å²) in [5, 5.41) is 12.3. The van der Waals surface area contributed by atoms with Crippen LogP contribution in [0.5, 0.6) is 0 Å². The first kappa shape index (κ1) is 29.7. The molecule has 0 atom stereocenters. The predicted octanol–water partition coefficient (Wildman–Crippen LogP) is 14.6. The Balaban J connectivity index is 1.11. The van der Waals surface area contributed by atoms with Crippen molar-refractivity contribution in [2.75, 3.05) is 0 Å². The van der Waals surface area contributed by atoms with Crippen molar-refractivity contribution >= 4 is 65.0 Å². The molecule has 1 aliphatic carbocycles. The standard InChI is InChI=1S/C52H32O2/c1-3-11-33-27-37(19-17-31(33)9-1)49-40-14-5-6-15-41(40)50(38-20-18-32-10-2-4-12-34(32)28-38)46-30-35(21-23-42(46)49)36-22-26-48-45(29-36)44-25-24-43-39-13-7-8-16-47(39)53-51(43)52(44)54-48/h1-23,26-30H,24-25H2. The summed E-state index contributed by atoms with van der Waals surface area (Å²) in [6, 6.07) is 62.1. The number of rotatable bonds is 3. The number of hydrogen-bond donors (Lipinski definition) is 0. The minimum atomic E-state index is 0.878. The lowest BCUT2D eigenvalue weighted by atomic mass is 9.84. The zero-order chi connectivity index (χ0) is 35.3. The van der Waals surface area contributed by atoms with Crippen LogP contribution < -0.4 is 0 Å². The fourth-order valence-corrected chi connectivity index (χ4v) is 9.21. The van der Waals surface area contributed by atoms with Crippen LogP contribution in [-0.2, 0) is 12.8 Å². The van der Waals surface area contributed by atoms with Crippen LogP contribution in [0.4, 0.5) is 0 Å². The van der Waals surface area contributed by atoms with E-state index in [1.165, 1.54) is 98.4 Å². The van der Waals surface area contributed by atoms with Gasteiger partial charge in [-0.25, -0.2) is 0 Å². The van der Waals surface area contributed by atoms with E-state index in [4.69, 9.17) is 8.83 Å². The zero-order valence-electron chi connectivity index (χ0n) is 29.4. The maximum absolute atomic E-state index is 6.57. The first-order valence-electron chi connectivity index (χ1n) is 18.8. The Labute approximate surface area is 311 Å². The molecule has 0 fully saturated rings. The van der Waals surface area contributed by atoms with E-state index in [0.717, 1.165) is 35.5 Å². The number of fused-ring (bicyclic) bond motifs is 11. The molecule has 0 aliphatic heterocycles. The highest BCUT2D eigenvalue weighted by Gasteiger charge is 2.28. The van der Waals surface area contributed by atoms with Gasteiger partial charge in [0.05, 0.1) is 0 Å². The van der Waals surface area contributed by atoms with Crippen molar-refractivity contribution in [3.05, 3.63) is 181 Å². The lowest BCUT2D eigenvalue weighted by molar-refractivity contribution is 0.556. The molecule has 0 N–H and O–H groups in total. The summed E-state index contributed by atoms with van der Waals surface area (Å²) < 4.78 is 13.0. The maximum atomic E-state index is 6.57. The van der Waals surface area contributed by atoms with Gasteiger partial charge in [0.2, 0.25) is 0 Å². The van der Waals surface area contributed by atoms with E-state index in [9.17, 15) is 0 Å². The number of hydrogen-bond acceptors (Lipinski definition) is 2. The van der Waals surface area contributed by atoms with Gasteiger partial charge >= 0.3 is 0 Å². The molecular formula is C52H32O2. The molecule has 12 rings (SSSR count). The molecule has 2 aromatic heterocycles. The summed E-state index contributed by atoms with van der Waals surface area (Å²) in [6.07, 6.45) is 1.86. The fraction of sp³-hybridized carbons (Fsp3) is 0.0385. The smallest absolute Gasteiger partial charge is 0.174 e. The van der Waals surface area contributed by atoms with Crippen molar-refractivity contribution < 1.29 is 8.83 Å². The second-order valence-corrected chi connectivity index (χ2v) is 14.7. The summed E-state index contributed by atoms with van der Waals surface area (Å²) >= 11 is 0. The highest BCUT2D eigenvalue weighted by atomic mass is 16.4. The van der Waals surface area contributed by atoms with Gasteiger partial charge in [-0.1, -0.05) is 133 Å². The Bertz CT molecular complexity index is 3340. The Morgan fingerprint density at radius 3 is 1.39 bits per heavy atom. The molecule has 0 saturated heterocycles. The SMILES string of the molecule is c1ccc2cc(-c3c4ccccc4c(-c4ccc5ccccc5c4)c4cc(-c5ccc6oc7c(c6c5)CCc5c-7oc6ccccc56)ccc34)ccc2c1. The van der Waals surface area contributed by atoms with Crippen LogP contribution >= 0.6 is 0 Å². The molecule has 0 unspecified atom stereocenters. The lowest BCUT2D eigenvalue weighted by Crippen LogP contribution is -1.99. The van der Waals surface area contributed by atoms with Crippen LogP contribution in [-0.4, -0.2) is 0 Å². The van der Waals surface area contributed by atoms with Crippen molar-refractivity contribution in [2.45, 2.75) is 12.8 Å². The van der Waals surface area contributed by atoms with Crippen molar-refractivity contribution in [1.82, 2.24) is 0 Å². The molecule has 252 valence electrons. The first-order valence-corrected chi connectivity index (χ1v) is 18.8. The third-order valence-electron chi connectivity index (χ3n) is 11.8. The molecule has 0 saturated carbocycles. The second-order valence-electron chi connectivity index (χ2n) is 14.7. The highest BCUT2D eigenvalue weighted by Crippen LogP contribution is 2.48. The van der Waals surface area contributed by atoms with E-state index in [0.29, 0.717) is 0 Å². The van der Waals surface area contributed by atoms with E-state index in [2.05, 4.69) is 164 Å². The molecule has 2 nitrogen and oxygen atoms in total. The summed E-state index contributed by atoms with van der Waals surface area (Å²) in [7, 11) is 0. The molecule has 9 aromatic carbocycles. The molecular weight excluding hydrogens is 657 g/mol. The highest BCUT2D eigenvalue weighted by molar-refractivity contribution is 6.22. The largest absolute Gasteiger partial charge is 0.452 e. The van der Waals surface area contributed by atoms with Crippen LogP contribution in [0.3, 0.4) is 0 Å². The van der Waals surface area contributed by atoms with E-state index in [1.807, 2.05) is 6.07 Å². The molecule has 1 aliphatic rings. The van der Waals surface area contributed by atoms with Gasteiger partial charge in [-0.15, -0.1) is 0 Å². The van der Waals surface area contributed by atoms with Crippen LogP contribution in [0, 0.1) is 0 Å². The van der Waals surface area contributed by atoms with Crippen molar-refractivity contribution in [2.24, 2.45) is 0 Å². The molecule has 0 bridgehead atoms. The van der Waals surface area contributed by atoms with E-state index in [1.54, 1.807) is 0 Å². The fourth-order valence-electron chi connectivity index (χ4n) is 9.21. The monoisotopic (exact) mass is 688 g/mol. The molecule has 0 radical (unpaired) electrons. The van der Waals surface area contributed by atoms with Crippen molar-refractivity contribution in [1.29, 1.82) is 0 Å². The molecule has 54 heavy (non-hydrogen) atoms. The molecule has 0 spiro atoms. The van der Waals surface area contributed by atoms with Crippen molar-refractivity contribution in [3.63, 3.8) is 0 Å². The third kappa shape index (κ3) is 4.34. The quantitative estimate of drug-likeness (QED) is 0.173. The molecule has 0 amide bonds. The summed E-state index contributed by atoms with van der Waals surface area (Å²) in [5.41, 5.74) is 11.6. The molecule has 2 heteroatoms. The average molecular weight is 689 g/mol. The van der Waals surface area contributed by atoms with E-state index < -0.39 is 0 Å². The first-order chi connectivity index (χ1) is 26.7. The van der Waals surface area contributed by atoms with Gasteiger partial charge in [-0.05, 0) is 126 Å². The Morgan fingerprint density at radius 1 is 0.296 bits per heavy atom. The maximum Gasteiger partial charge on any atom is 0.174 e. The summed E-state index contributed by atoms with van der Waals surface area (Å²) in [4.78, 5) is 0. The number of aryl methyl sites for hydroxylation is 2.